The quantitative estimate of drug-likeness (QED) is 0.0263. The second-order valence-corrected chi connectivity index (χ2v) is 16.3. The van der Waals surface area contributed by atoms with Gasteiger partial charge in [-0.25, -0.2) is 0 Å². The molecule has 0 bridgehead atoms. The number of allylic oxidation sites excluding steroid dienone is 14. The van der Waals surface area contributed by atoms with Gasteiger partial charge < -0.3 is 14.2 Å². The van der Waals surface area contributed by atoms with Gasteiger partial charge in [-0.3, -0.25) is 14.4 Å². The Balaban J connectivity index is 4.51. The Morgan fingerprint density at radius 3 is 1.08 bits per heavy atom. The molecule has 61 heavy (non-hydrogen) atoms. The zero-order valence-electron chi connectivity index (χ0n) is 39.7. The van der Waals surface area contributed by atoms with Crippen LogP contribution in [-0.4, -0.2) is 37.2 Å². The van der Waals surface area contributed by atoms with Crippen LogP contribution in [0.3, 0.4) is 0 Å². The van der Waals surface area contributed by atoms with Gasteiger partial charge in [-0.2, -0.15) is 0 Å². The molecule has 0 radical (unpaired) electrons. The standard InChI is InChI=1S/C55H92O6/c1-4-7-10-13-16-19-22-24-25-26-27-28-29-31-34-37-40-43-46-49-55(58)61-52(50-59-53(56)47-44-41-38-35-32-21-18-15-12-9-6-3)51-60-54(57)48-45-42-39-36-33-30-23-20-17-14-11-8-5-2/h7,10,16,19-20,23-25,27-28,31,34,40,43,52H,4-6,8-9,11-15,17-18,21-22,26,29-30,32-33,35-39,41-42,44-51H2,1-3H3/b10-7-,19-16-,23-20-,25-24-,28-27-,34-31-,43-40-/t52-/m0/s1. The summed E-state index contributed by atoms with van der Waals surface area (Å²) < 4.78 is 16.7. The summed E-state index contributed by atoms with van der Waals surface area (Å²) in [4.78, 5) is 37.8. The number of hydrogen-bond acceptors (Lipinski definition) is 6. The van der Waals surface area contributed by atoms with E-state index >= 15 is 0 Å². The van der Waals surface area contributed by atoms with Crippen LogP contribution in [0.5, 0.6) is 0 Å². The first-order chi connectivity index (χ1) is 30.0. The molecular weight excluding hydrogens is 757 g/mol. The van der Waals surface area contributed by atoms with Gasteiger partial charge in [0, 0.05) is 19.3 Å². The van der Waals surface area contributed by atoms with E-state index in [2.05, 4.69) is 93.7 Å². The van der Waals surface area contributed by atoms with Crippen LogP contribution in [0, 0.1) is 0 Å². The van der Waals surface area contributed by atoms with E-state index in [-0.39, 0.29) is 31.6 Å². The van der Waals surface area contributed by atoms with Crippen molar-refractivity contribution < 1.29 is 28.6 Å². The van der Waals surface area contributed by atoms with E-state index in [1.54, 1.807) is 0 Å². The molecule has 0 rings (SSSR count). The summed E-state index contributed by atoms with van der Waals surface area (Å²) in [7, 11) is 0. The molecule has 0 spiro atoms. The molecule has 0 N–H and O–H groups in total. The Labute approximate surface area is 375 Å². The van der Waals surface area contributed by atoms with Crippen LogP contribution < -0.4 is 0 Å². The molecule has 0 aliphatic carbocycles. The molecule has 348 valence electrons. The number of carbonyl (C=O) groups excluding carboxylic acids is 3. The second kappa shape index (κ2) is 49.2. The van der Waals surface area contributed by atoms with Crippen LogP contribution in [-0.2, 0) is 28.6 Å². The molecule has 0 saturated carbocycles. The Bertz CT molecular complexity index is 1200. The van der Waals surface area contributed by atoms with E-state index < -0.39 is 12.1 Å². The average Bonchev–Trinajstić information content (AvgIpc) is 3.26. The molecule has 0 unspecified atom stereocenters. The Morgan fingerprint density at radius 2 is 0.672 bits per heavy atom. The monoisotopic (exact) mass is 849 g/mol. The Morgan fingerprint density at radius 1 is 0.344 bits per heavy atom. The third-order valence-corrected chi connectivity index (χ3v) is 10.4. The summed E-state index contributed by atoms with van der Waals surface area (Å²) in [5.41, 5.74) is 0. The van der Waals surface area contributed by atoms with Gasteiger partial charge in [0.1, 0.15) is 13.2 Å². The van der Waals surface area contributed by atoms with E-state index in [0.717, 1.165) is 89.9 Å². The maximum Gasteiger partial charge on any atom is 0.306 e. The average molecular weight is 849 g/mol. The maximum absolute atomic E-state index is 12.7. The van der Waals surface area contributed by atoms with Crippen molar-refractivity contribution in [2.24, 2.45) is 0 Å². The minimum Gasteiger partial charge on any atom is -0.462 e. The highest BCUT2D eigenvalue weighted by Crippen LogP contribution is 2.14. The molecule has 0 amide bonds. The molecule has 0 aromatic heterocycles. The summed E-state index contributed by atoms with van der Waals surface area (Å²) >= 11 is 0. The first kappa shape index (κ1) is 57.6. The number of carbonyl (C=O) groups is 3. The highest BCUT2D eigenvalue weighted by molar-refractivity contribution is 5.71. The number of esters is 3. The predicted molar refractivity (Wildman–Crippen MR) is 261 cm³/mol. The predicted octanol–water partition coefficient (Wildman–Crippen LogP) is 16.4. The van der Waals surface area contributed by atoms with Crippen molar-refractivity contribution in [1.82, 2.24) is 0 Å². The van der Waals surface area contributed by atoms with Crippen LogP contribution >= 0.6 is 0 Å². The summed E-state index contributed by atoms with van der Waals surface area (Å²) in [6.45, 7) is 6.42. The molecule has 6 nitrogen and oxygen atoms in total. The molecule has 0 fully saturated rings. The van der Waals surface area contributed by atoms with Gasteiger partial charge in [0.05, 0.1) is 0 Å². The zero-order valence-corrected chi connectivity index (χ0v) is 39.7. The first-order valence-electron chi connectivity index (χ1n) is 25.1. The highest BCUT2D eigenvalue weighted by Gasteiger charge is 2.19. The van der Waals surface area contributed by atoms with Crippen molar-refractivity contribution in [3.05, 3.63) is 85.1 Å². The fourth-order valence-electron chi connectivity index (χ4n) is 6.64. The second-order valence-electron chi connectivity index (χ2n) is 16.3. The van der Waals surface area contributed by atoms with Crippen LogP contribution in [0.2, 0.25) is 0 Å². The van der Waals surface area contributed by atoms with E-state index in [4.69, 9.17) is 14.2 Å². The van der Waals surface area contributed by atoms with Gasteiger partial charge in [0.25, 0.3) is 0 Å². The molecule has 6 heteroatoms. The summed E-state index contributed by atoms with van der Waals surface area (Å²) in [5.74, 6) is -1.01. The maximum atomic E-state index is 12.7. The van der Waals surface area contributed by atoms with Crippen molar-refractivity contribution in [1.29, 1.82) is 0 Å². The van der Waals surface area contributed by atoms with Gasteiger partial charge in [-0.1, -0.05) is 209 Å². The van der Waals surface area contributed by atoms with Crippen molar-refractivity contribution >= 4 is 17.9 Å². The number of unbranched alkanes of at least 4 members (excludes halogenated alkanes) is 19. The van der Waals surface area contributed by atoms with E-state index in [1.165, 1.54) is 89.9 Å². The van der Waals surface area contributed by atoms with Gasteiger partial charge in [0.15, 0.2) is 6.10 Å². The van der Waals surface area contributed by atoms with Crippen molar-refractivity contribution in [3.63, 3.8) is 0 Å². The van der Waals surface area contributed by atoms with E-state index in [0.29, 0.717) is 19.3 Å². The highest BCUT2D eigenvalue weighted by atomic mass is 16.6. The third kappa shape index (κ3) is 47.5. The lowest BCUT2D eigenvalue weighted by Gasteiger charge is -2.18. The zero-order chi connectivity index (χ0) is 44.4. The van der Waals surface area contributed by atoms with Crippen LogP contribution in [0.4, 0.5) is 0 Å². The molecule has 0 saturated heterocycles. The number of ether oxygens (including phenoxy) is 3. The number of hydrogen-bond donors (Lipinski definition) is 0. The summed E-state index contributed by atoms with van der Waals surface area (Å²) in [6.07, 6.45) is 62.9. The molecule has 0 heterocycles. The SMILES string of the molecule is CC/C=C\C/C=C\C/C=C\C/C=C\C/C=C\C/C=C\CCC(=O)O[C@H](COC(=O)CCCCCCC/C=C\CCCCCC)COC(=O)CCCCCCCCCCCCC. The Hall–Kier alpha value is -3.41. The lowest BCUT2D eigenvalue weighted by Crippen LogP contribution is -2.30. The minimum absolute atomic E-state index is 0.108. The lowest BCUT2D eigenvalue weighted by molar-refractivity contribution is -0.166. The van der Waals surface area contributed by atoms with Crippen molar-refractivity contribution in [2.75, 3.05) is 13.2 Å². The fourth-order valence-corrected chi connectivity index (χ4v) is 6.64. The first-order valence-corrected chi connectivity index (χ1v) is 25.1. The van der Waals surface area contributed by atoms with Crippen molar-refractivity contribution in [2.45, 2.75) is 232 Å². The molecule has 0 aromatic rings. The smallest absolute Gasteiger partial charge is 0.306 e. The molecule has 0 aromatic carbocycles. The van der Waals surface area contributed by atoms with Crippen LogP contribution in [0.25, 0.3) is 0 Å². The Kier molecular flexibility index (Phi) is 46.5. The molecule has 1 atom stereocenters. The summed E-state index contributed by atoms with van der Waals surface area (Å²) in [6, 6.07) is 0. The fraction of sp³-hybridized carbons (Fsp3) is 0.691. The third-order valence-electron chi connectivity index (χ3n) is 10.4. The number of rotatable bonds is 44. The lowest BCUT2D eigenvalue weighted by atomic mass is 10.1. The van der Waals surface area contributed by atoms with Crippen molar-refractivity contribution in [3.8, 4) is 0 Å². The molecular formula is C55H92O6. The summed E-state index contributed by atoms with van der Waals surface area (Å²) in [5, 5.41) is 0. The van der Waals surface area contributed by atoms with E-state index in [9.17, 15) is 14.4 Å². The van der Waals surface area contributed by atoms with Gasteiger partial charge in [-0.15, -0.1) is 0 Å². The normalized spacial score (nSPS) is 12.8. The van der Waals surface area contributed by atoms with E-state index in [1.807, 2.05) is 12.2 Å². The van der Waals surface area contributed by atoms with Gasteiger partial charge in [0.2, 0.25) is 0 Å². The minimum atomic E-state index is -0.817. The van der Waals surface area contributed by atoms with Gasteiger partial charge in [-0.05, 0) is 83.5 Å². The molecule has 0 aliphatic rings. The molecule has 0 aliphatic heterocycles. The largest absolute Gasteiger partial charge is 0.462 e. The van der Waals surface area contributed by atoms with Crippen LogP contribution in [0.15, 0.2) is 85.1 Å². The van der Waals surface area contributed by atoms with Crippen LogP contribution in [0.1, 0.15) is 226 Å². The van der Waals surface area contributed by atoms with Gasteiger partial charge >= 0.3 is 17.9 Å². The topological polar surface area (TPSA) is 78.9 Å².